The van der Waals surface area contributed by atoms with E-state index in [1.807, 2.05) is 23.1 Å². The third-order valence-corrected chi connectivity index (χ3v) is 6.18. The summed E-state index contributed by atoms with van der Waals surface area (Å²) in [6, 6.07) is 14.6. The van der Waals surface area contributed by atoms with Gasteiger partial charge in [0.15, 0.2) is 0 Å². The molecule has 6 nitrogen and oxygen atoms in total. The molecule has 1 atom stereocenters. The highest BCUT2D eigenvalue weighted by Crippen LogP contribution is 2.22. The van der Waals surface area contributed by atoms with Crippen molar-refractivity contribution >= 4 is 11.7 Å². The second kappa shape index (κ2) is 10.0. The maximum absolute atomic E-state index is 13.1. The fourth-order valence-electron chi connectivity index (χ4n) is 4.33. The zero-order valence-electron chi connectivity index (χ0n) is 18.0. The van der Waals surface area contributed by atoms with Crippen molar-refractivity contribution in [2.45, 2.75) is 25.8 Å². The number of nitrogens with zero attached hydrogens (tertiary/aromatic N) is 4. The van der Waals surface area contributed by atoms with Crippen LogP contribution in [0.25, 0.3) is 0 Å². The number of pyridine rings is 1. The van der Waals surface area contributed by atoms with E-state index in [2.05, 4.69) is 51.3 Å². The van der Waals surface area contributed by atoms with Crippen LogP contribution in [0.3, 0.4) is 0 Å². The van der Waals surface area contributed by atoms with E-state index in [0.29, 0.717) is 0 Å². The molecule has 2 saturated heterocycles. The minimum atomic E-state index is 0.128. The highest BCUT2D eigenvalue weighted by molar-refractivity contribution is 5.95. The lowest BCUT2D eigenvalue weighted by atomic mass is 10.0. The summed E-state index contributed by atoms with van der Waals surface area (Å²) in [5.74, 6) is 1.02. The lowest BCUT2D eigenvalue weighted by molar-refractivity contribution is 0.0635. The van der Waals surface area contributed by atoms with Crippen LogP contribution in [0.1, 0.15) is 41.7 Å². The molecule has 1 N–H and O–H groups in total. The van der Waals surface area contributed by atoms with Gasteiger partial charge in [0.2, 0.25) is 0 Å². The molecular weight excluding hydrogens is 374 g/mol. The molecule has 2 aliphatic rings. The Kier molecular flexibility index (Phi) is 6.97. The Morgan fingerprint density at radius 3 is 2.67 bits per heavy atom. The first-order valence-corrected chi connectivity index (χ1v) is 11.3. The van der Waals surface area contributed by atoms with E-state index < -0.39 is 0 Å². The number of amides is 1. The molecule has 6 heteroatoms. The van der Waals surface area contributed by atoms with Crippen LogP contribution in [0, 0.1) is 0 Å². The maximum atomic E-state index is 13.1. The molecule has 0 radical (unpaired) electrons. The van der Waals surface area contributed by atoms with E-state index in [-0.39, 0.29) is 11.9 Å². The molecule has 0 bridgehead atoms. The topological polar surface area (TPSA) is 51.7 Å². The molecule has 0 unspecified atom stereocenters. The molecule has 30 heavy (non-hydrogen) atoms. The predicted octanol–water partition coefficient (Wildman–Crippen LogP) is 2.79. The van der Waals surface area contributed by atoms with Crippen LogP contribution in [0.5, 0.6) is 0 Å². The zero-order valence-corrected chi connectivity index (χ0v) is 18.0. The molecule has 0 saturated carbocycles. The van der Waals surface area contributed by atoms with Crippen LogP contribution in [-0.4, -0.2) is 73.0 Å². The van der Waals surface area contributed by atoms with Gasteiger partial charge < -0.3 is 15.1 Å². The van der Waals surface area contributed by atoms with Crippen LogP contribution in [0.4, 0.5) is 5.82 Å². The van der Waals surface area contributed by atoms with E-state index in [9.17, 15) is 4.79 Å². The summed E-state index contributed by atoms with van der Waals surface area (Å²) in [7, 11) is 0. The van der Waals surface area contributed by atoms with Crippen molar-refractivity contribution in [3.05, 3.63) is 59.8 Å². The Bertz CT molecular complexity index is 819. The number of hydrogen-bond acceptors (Lipinski definition) is 5. The molecule has 1 aromatic carbocycles. The molecule has 0 spiro atoms. The molecule has 2 aromatic rings. The second-order valence-corrected chi connectivity index (χ2v) is 8.25. The number of carbonyl (C=O) groups is 1. The fourth-order valence-corrected chi connectivity index (χ4v) is 4.33. The largest absolute Gasteiger partial charge is 0.353 e. The lowest BCUT2D eigenvalue weighted by Gasteiger charge is -2.36. The van der Waals surface area contributed by atoms with Crippen molar-refractivity contribution in [3.8, 4) is 0 Å². The van der Waals surface area contributed by atoms with E-state index in [0.717, 1.165) is 63.7 Å². The maximum Gasteiger partial charge on any atom is 0.254 e. The third kappa shape index (κ3) is 4.99. The van der Waals surface area contributed by atoms with Gasteiger partial charge in [-0.25, -0.2) is 4.98 Å². The molecule has 4 rings (SSSR count). The van der Waals surface area contributed by atoms with Crippen molar-refractivity contribution in [2.75, 3.05) is 57.3 Å². The number of piperazine rings is 2. The third-order valence-electron chi connectivity index (χ3n) is 6.18. The smallest absolute Gasteiger partial charge is 0.254 e. The van der Waals surface area contributed by atoms with Crippen LogP contribution in [-0.2, 0) is 0 Å². The standard InChI is InChI=1S/C24H33N5O/c1-2-3-12-27-14-16-28(17-15-27)24(30)21-9-10-26-23(18-21)29-13-11-25-22(19-29)20-7-5-4-6-8-20/h4-10,18,22,25H,2-3,11-17,19H2,1H3/t22-/m0/s1. The van der Waals surface area contributed by atoms with Gasteiger partial charge in [0.05, 0.1) is 0 Å². The normalized spacial score (nSPS) is 20.4. The summed E-state index contributed by atoms with van der Waals surface area (Å²) in [5.41, 5.74) is 2.03. The highest BCUT2D eigenvalue weighted by Gasteiger charge is 2.25. The average Bonchev–Trinajstić information content (AvgIpc) is 2.83. The van der Waals surface area contributed by atoms with Gasteiger partial charge in [-0.15, -0.1) is 0 Å². The monoisotopic (exact) mass is 407 g/mol. The summed E-state index contributed by atoms with van der Waals surface area (Å²) >= 11 is 0. The van der Waals surface area contributed by atoms with Crippen molar-refractivity contribution in [3.63, 3.8) is 0 Å². The minimum Gasteiger partial charge on any atom is -0.353 e. The van der Waals surface area contributed by atoms with Crippen LogP contribution in [0.2, 0.25) is 0 Å². The van der Waals surface area contributed by atoms with E-state index in [1.165, 1.54) is 18.4 Å². The predicted molar refractivity (Wildman–Crippen MR) is 121 cm³/mol. The Morgan fingerprint density at radius 1 is 1.10 bits per heavy atom. The average molecular weight is 408 g/mol. The zero-order chi connectivity index (χ0) is 20.8. The second-order valence-electron chi connectivity index (χ2n) is 8.25. The first kappa shape index (κ1) is 20.8. The molecule has 1 amide bonds. The summed E-state index contributed by atoms with van der Waals surface area (Å²) in [5, 5.41) is 3.59. The van der Waals surface area contributed by atoms with Gasteiger partial charge in [-0.3, -0.25) is 9.69 Å². The van der Waals surface area contributed by atoms with Crippen LogP contribution in [0.15, 0.2) is 48.7 Å². The number of rotatable bonds is 6. The van der Waals surface area contributed by atoms with Gasteiger partial charge in [0.25, 0.3) is 5.91 Å². The van der Waals surface area contributed by atoms with Crippen LogP contribution >= 0.6 is 0 Å². The molecule has 2 aliphatic heterocycles. The van der Waals surface area contributed by atoms with Crippen LogP contribution < -0.4 is 10.2 Å². The van der Waals surface area contributed by atoms with Gasteiger partial charge in [0.1, 0.15) is 5.82 Å². The number of aromatic nitrogens is 1. The van der Waals surface area contributed by atoms with Gasteiger partial charge in [-0.05, 0) is 30.7 Å². The van der Waals surface area contributed by atoms with Crippen molar-refractivity contribution in [1.29, 1.82) is 0 Å². The Labute approximate surface area is 179 Å². The number of benzene rings is 1. The molecule has 3 heterocycles. The molecule has 2 fully saturated rings. The van der Waals surface area contributed by atoms with Gasteiger partial charge in [0, 0.05) is 63.6 Å². The molecule has 0 aliphatic carbocycles. The lowest BCUT2D eigenvalue weighted by Crippen LogP contribution is -2.49. The Balaban J connectivity index is 1.39. The first-order chi connectivity index (χ1) is 14.7. The summed E-state index contributed by atoms with van der Waals surface area (Å²) < 4.78 is 0. The number of hydrogen-bond donors (Lipinski definition) is 1. The Hall–Kier alpha value is -2.44. The van der Waals surface area contributed by atoms with E-state index in [4.69, 9.17) is 0 Å². The van der Waals surface area contributed by atoms with E-state index in [1.54, 1.807) is 6.20 Å². The van der Waals surface area contributed by atoms with Gasteiger partial charge in [-0.2, -0.15) is 0 Å². The number of nitrogens with one attached hydrogen (secondary N) is 1. The number of anilines is 1. The fraction of sp³-hybridized carbons (Fsp3) is 0.500. The van der Waals surface area contributed by atoms with Crippen molar-refractivity contribution in [2.24, 2.45) is 0 Å². The number of carbonyl (C=O) groups excluding carboxylic acids is 1. The van der Waals surface area contributed by atoms with Crippen molar-refractivity contribution in [1.82, 2.24) is 20.1 Å². The quantitative estimate of drug-likeness (QED) is 0.798. The van der Waals surface area contributed by atoms with Gasteiger partial charge in [-0.1, -0.05) is 43.7 Å². The molecule has 160 valence electrons. The van der Waals surface area contributed by atoms with Crippen molar-refractivity contribution < 1.29 is 4.79 Å². The Morgan fingerprint density at radius 2 is 1.90 bits per heavy atom. The summed E-state index contributed by atoms with van der Waals surface area (Å²) in [4.78, 5) is 24.4. The summed E-state index contributed by atoms with van der Waals surface area (Å²) in [6.45, 7) is 9.58. The van der Waals surface area contributed by atoms with E-state index >= 15 is 0 Å². The minimum absolute atomic E-state index is 0.128. The summed E-state index contributed by atoms with van der Waals surface area (Å²) in [6.07, 6.45) is 4.23. The first-order valence-electron chi connectivity index (χ1n) is 11.3. The highest BCUT2D eigenvalue weighted by atomic mass is 16.2. The molecule has 1 aromatic heterocycles. The number of unbranched alkanes of at least 4 members (excludes halogenated alkanes) is 1. The SMILES string of the molecule is CCCCN1CCN(C(=O)c2ccnc(N3CCN[C@H](c4ccccc4)C3)c2)CC1. The molecular formula is C24H33N5O. The van der Waals surface area contributed by atoms with Gasteiger partial charge >= 0.3 is 0 Å².